The molecule has 1 aromatic rings. The van der Waals surface area contributed by atoms with Gasteiger partial charge >= 0.3 is 12.1 Å². The minimum absolute atomic E-state index is 0.130. The van der Waals surface area contributed by atoms with Crippen LogP contribution in [0.2, 0.25) is 0 Å². The molecule has 0 saturated carbocycles. The van der Waals surface area contributed by atoms with Crippen LogP contribution in [0.15, 0.2) is 9.78 Å². The number of halogens is 3. The van der Waals surface area contributed by atoms with Gasteiger partial charge in [-0.05, 0) is 24.4 Å². The summed E-state index contributed by atoms with van der Waals surface area (Å²) in [7, 11) is 0. The van der Waals surface area contributed by atoms with Crippen LogP contribution in [0.3, 0.4) is 0 Å². The Morgan fingerprint density at radius 2 is 2.12 bits per heavy atom. The fourth-order valence-corrected chi connectivity index (χ4v) is 1.37. The third-order valence-corrected chi connectivity index (χ3v) is 2.13. The predicted octanol–water partition coefficient (Wildman–Crippen LogP) is 1.22. The molecular formula is C8H6F3N3O3. The topological polar surface area (TPSA) is 77.6 Å². The zero-order valence-corrected chi connectivity index (χ0v) is 8.32. The summed E-state index contributed by atoms with van der Waals surface area (Å²) in [6.07, 6.45) is -3.48. The summed E-state index contributed by atoms with van der Waals surface area (Å²) in [6.45, 7) is 0. The molecule has 1 aromatic heterocycles. The second-order valence-electron chi connectivity index (χ2n) is 3.33. The van der Waals surface area contributed by atoms with Crippen LogP contribution in [0.5, 0.6) is 0 Å². The molecule has 17 heavy (non-hydrogen) atoms. The zero-order valence-electron chi connectivity index (χ0n) is 8.32. The van der Waals surface area contributed by atoms with Crippen molar-refractivity contribution >= 4 is 11.7 Å². The summed E-state index contributed by atoms with van der Waals surface area (Å²) in [5, 5.41) is 10.2. The molecule has 0 N–H and O–H groups in total. The highest BCUT2D eigenvalue weighted by molar-refractivity contribution is 6.00. The molecule has 0 aliphatic heterocycles. The van der Waals surface area contributed by atoms with E-state index in [1.807, 2.05) is 0 Å². The predicted molar refractivity (Wildman–Crippen MR) is 45.9 cm³/mol. The SMILES string of the molecule is O=C(O/N=C1\CCCc2nonc21)C(F)(F)F. The number of carbonyl (C=O) groups is 1. The summed E-state index contributed by atoms with van der Waals surface area (Å²) < 4.78 is 40.0. The van der Waals surface area contributed by atoms with Gasteiger partial charge in [0.1, 0.15) is 11.4 Å². The largest absolute Gasteiger partial charge is 0.493 e. The molecule has 0 unspecified atom stereocenters. The molecule has 6 nitrogen and oxygen atoms in total. The fraction of sp³-hybridized carbons (Fsp3) is 0.500. The van der Waals surface area contributed by atoms with Gasteiger partial charge in [0.2, 0.25) is 0 Å². The van der Waals surface area contributed by atoms with Crippen LogP contribution >= 0.6 is 0 Å². The first-order valence-electron chi connectivity index (χ1n) is 4.65. The lowest BCUT2D eigenvalue weighted by molar-refractivity contribution is -0.199. The third kappa shape index (κ3) is 2.43. The number of oxime groups is 1. The Balaban J connectivity index is 2.13. The van der Waals surface area contributed by atoms with Gasteiger partial charge in [0.25, 0.3) is 0 Å². The van der Waals surface area contributed by atoms with Gasteiger partial charge in [-0.1, -0.05) is 10.3 Å². The van der Waals surface area contributed by atoms with Crippen LogP contribution in [0.4, 0.5) is 13.2 Å². The van der Waals surface area contributed by atoms with Crippen LogP contribution < -0.4 is 0 Å². The molecule has 0 atom stereocenters. The molecule has 2 rings (SSSR count). The second-order valence-corrected chi connectivity index (χ2v) is 3.33. The second kappa shape index (κ2) is 4.15. The van der Waals surface area contributed by atoms with E-state index in [0.717, 1.165) is 0 Å². The van der Waals surface area contributed by atoms with Crippen LogP contribution in [0.25, 0.3) is 0 Å². The van der Waals surface area contributed by atoms with E-state index in [0.29, 0.717) is 25.0 Å². The number of hydrogen-bond donors (Lipinski definition) is 0. The third-order valence-electron chi connectivity index (χ3n) is 2.13. The minimum Gasteiger partial charge on any atom is -0.308 e. The lowest BCUT2D eigenvalue weighted by atomic mass is 9.99. The molecule has 0 amide bonds. The highest BCUT2D eigenvalue weighted by Crippen LogP contribution is 2.20. The quantitative estimate of drug-likeness (QED) is 0.552. The van der Waals surface area contributed by atoms with Gasteiger partial charge < -0.3 is 4.84 Å². The number of hydrogen-bond acceptors (Lipinski definition) is 6. The molecule has 1 heterocycles. The van der Waals surface area contributed by atoms with Crippen molar-refractivity contribution in [3.05, 3.63) is 11.4 Å². The number of rotatable bonds is 1. The Labute approximate surface area is 92.4 Å². The van der Waals surface area contributed by atoms with E-state index in [1.54, 1.807) is 0 Å². The Morgan fingerprint density at radius 3 is 2.82 bits per heavy atom. The fourth-order valence-electron chi connectivity index (χ4n) is 1.37. The highest BCUT2D eigenvalue weighted by atomic mass is 19.4. The standard InChI is InChI=1S/C8H6F3N3O3/c9-8(10,11)7(15)16-12-4-2-1-3-5-6(4)14-17-13-5/h1-3H2/b12-4+. The van der Waals surface area contributed by atoms with Gasteiger partial charge in [-0.15, -0.1) is 0 Å². The average molecular weight is 249 g/mol. The molecule has 92 valence electrons. The molecule has 0 radical (unpaired) electrons. The van der Waals surface area contributed by atoms with Gasteiger partial charge in [0.15, 0.2) is 5.69 Å². The normalized spacial score (nSPS) is 17.9. The molecule has 1 aliphatic carbocycles. The molecule has 0 bridgehead atoms. The summed E-state index contributed by atoms with van der Waals surface area (Å²) in [4.78, 5) is 14.2. The highest BCUT2D eigenvalue weighted by Gasteiger charge is 2.42. The van der Waals surface area contributed by atoms with E-state index < -0.39 is 12.1 Å². The Kier molecular flexibility index (Phi) is 2.82. The van der Waals surface area contributed by atoms with Gasteiger partial charge in [-0.3, -0.25) is 0 Å². The number of carbonyl (C=O) groups excluding carboxylic acids is 1. The van der Waals surface area contributed by atoms with Crippen LogP contribution in [0, 0.1) is 0 Å². The zero-order chi connectivity index (χ0) is 12.5. The monoisotopic (exact) mass is 249 g/mol. The Hall–Kier alpha value is -1.93. The molecule has 9 heteroatoms. The van der Waals surface area contributed by atoms with Gasteiger partial charge in [-0.2, -0.15) is 13.2 Å². The van der Waals surface area contributed by atoms with Crippen molar-refractivity contribution in [1.29, 1.82) is 0 Å². The average Bonchev–Trinajstić information content (AvgIpc) is 2.72. The molecule has 0 fully saturated rings. The van der Waals surface area contributed by atoms with Crippen LogP contribution in [0.1, 0.15) is 24.2 Å². The molecule has 1 aliphatic rings. The minimum atomic E-state index is -5.07. The van der Waals surface area contributed by atoms with Crippen molar-refractivity contribution in [1.82, 2.24) is 10.3 Å². The number of nitrogens with zero attached hydrogens (tertiary/aromatic N) is 3. The van der Waals surface area contributed by atoms with Crippen molar-refractivity contribution in [2.75, 3.05) is 0 Å². The smallest absolute Gasteiger partial charge is 0.308 e. The van der Waals surface area contributed by atoms with E-state index in [-0.39, 0.29) is 11.4 Å². The van der Waals surface area contributed by atoms with Crippen molar-refractivity contribution in [3.8, 4) is 0 Å². The molecule has 0 saturated heterocycles. The molecule has 0 spiro atoms. The summed E-state index contributed by atoms with van der Waals surface area (Å²) in [5.74, 6) is -2.37. The van der Waals surface area contributed by atoms with Gasteiger partial charge in [-0.25, -0.2) is 9.42 Å². The summed E-state index contributed by atoms with van der Waals surface area (Å²) in [5.41, 5.74) is 0.870. The van der Waals surface area contributed by atoms with E-state index in [1.165, 1.54) is 0 Å². The maximum absolute atomic E-state index is 11.8. The maximum Gasteiger partial charge on any atom is 0.493 e. The molecular weight excluding hydrogens is 243 g/mol. The maximum atomic E-state index is 11.8. The number of alkyl halides is 3. The Bertz CT molecular complexity index is 466. The lowest BCUT2D eigenvalue weighted by Crippen LogP contribution is -2.24. The van der Waals surface area contributed by atoms with Crippen molar-refractivity contribution in [2.45, 2.75) is 25.4 Å². The van der Waals surface area contributed by atoms with Crippen molar-refractivity contribution in [2.24, 2.45) is 5.16 Å². The summed E-state index contributed by atoms with van der Waals surface area (Å²) in [6, 6.07) is 0. The molecule has 0 aromatic carbocycles. The van der Waals surface area contributed by atoms with Crippen molar-refractivity contribution < 1.29 is 27.4 Å². The van der Waals surface area contributed by atoms with Gasteiger partial charge in [0.05, 0.1) is 0 Å². The Morgan fingerprint density at radius 1 is 1.35 bits per heavy atom. The van der Waals surface area contributed by atoms with E-state index in [4.69, 9.17) is 0 Å². The first-order chi connectivity index (χ1) is 7.98. The van der Waals surface area contributed by atoms with Crippen LogP contribution in [-0.4, -0.2) is 28.2 Å². The van der Waals surface area contributed by atoms with E-state index in [9.17, 15) is 18.0 Å². The van der Waals surface area contributed by atoms with E-state index in [2.05, 4.69) is 24.9 Å². The number of aryl methyl sites for hydroxylation is 1. The lowest BCUT2D eigenvalue weighted by Gasteiger charge is -2.09. The number of fused-ring (bicyclic) bond motifs is 1. The van der Waals surface area contributed by atoms with Gasteiger partial charge in [0, 0.05) is 0 Å². The van der Waals surface area contributed by atoms with E-state index >= 15 is 0 Å². The van der Waals surface area contributed by atoms with Crippen molar-refractivity contribution in [3.63, 3.8) is 0 Å². The summed E-state index contributed by atoms with van der Waals surface area (Å²) >= 11 is 0. The first-order valence-corrected chi connectivity index (χ1v) is 4.65. The number of aromatic nitrogens is 2. The van der Waals surface area contributed by atoms with Crippen LogP contribution in [-0.2, 0) is 16.1 Å². The first kappa shape index (κ1) is 11.6.